The van der Waals surface area contributed by atoms with E-state index in [4.69, 9.17) is 0 Å². The van der Waals surface area contributed by atoms with Crippen LogP contribution in [-0.2, 0) is 4.79 Å². The van der Waals surface area contributed by atoms with E-state index in [0.29, 0.717) is 28.2 Å². The first-order chi connectivity index (χ1) is 19.9. The minimum atomic E-state index is -1.14. The lowest BCUT2D eigenvalue weighted by atomic mass is 10.1. The molecule has 0 saturated heterocycles. The highest BCUT2D eigenvalue weighted by atomic mass is 16.4. The Morgan fingerprint density at radius 2 is 1.46 bits per heavy atom. The van der Waals surface area contributed by atoms with Gasteiger partial charge in [-0.3, -0.25) is 9.59 Å². The van der Waals surface area contributed by atoms with Gasteiger partial charge in [0.2, 0.25) is 5.91 Å². The smallest absolute Gasteiger partial charge is 0.337 e. The van der Waals surface area contributed by atoms with Crippen LogP contribution in [0, 0.1) is 6.92 Å². The third-order valence-corrected chi connectivity index (χ3v) is 6.20. The minimum absolute atomic E-state index is 0.0185. The Morgan fingerprint density at radius 1 is 0.805 bits per heavy atom. The maximum Gasteiger partial charge on any atom is 0.337 e. The van der Waals surface area contributed by atoms with Crippen molar-refractivity contribution in [3.63, 3.8) is 0 Å². The van der Waals surface area contributed by atoms with Crippen LogP contribution in [0.2, 0.25) is 0 Å². The van der Waals surface area contributed by atoms with Gasteiger partial charge in [0, 0.05) is 16.8 Å². The average Bonchev–Trinajstić information content (AvgIpc) is 3.37. The summed E-state index contributed by atoms with van der Waals surface area (Å²) in [5, 5.41) is 25.7. The van der Waals surface area contributed by atoms with Gasteiger partial charge in [-0.1, -0.05) is 84.9 Å². The summed E-state index contributed by atoms with van der Waals surface area (Å²) in [6.45, 7) is 1.91. The summed E-state index contributed by atoms with van der Waals surface area (Å²) in [7, 11) is 0. The van der Waals surface area contributed by atoms with E-state index in [1.54, 1.807) is 36.4 Å². The number of carboxylic acids is 1. The largest absolute Gasteiger partial charge is 0.478 e. The third-order valence-electron chi connectivity index (χ3n) is 6.20. The van der Waals surface area contributed by atoms with Gasteiger partial charge in [-0.05, 0) is 36.8 Å². The molecule has 0 bridgehead atoms. The average molecular weight is 544 g/mol. The van der Waals surface area contributed by atoms with Crippen molar-refractivity contribution in [3.05, 3.63) is 120 Å². The van der Waals surface area contributed by atoms with Gasteiger partial charge in [-0.2, -0.15) is 9.78 Å². The number of azo groups is 1. The van der Waals surface area contributed by atoms with Crippen LogP contribution in [0.25, 0.3) is 22.5 Å². The van der Waals surface area contributed by atoms with Gasteiger partial charge in [-0.15, -0.1) is 10.2 Å². The zero-order chi connectivity index (χ0) is 28.8. The lowest BCUT2D eigenvalue weighted by Crippen LogP contribution is -2.22. The predicted octanol–water partition coefficient (Wildman–Crippen LogP) is 7.31. The van der Waals surface area contributed by atoms with Gasteiger partial charge in [0.25, 0.3) is 5.91 Å². The maximum atomic E-state index is 13.6. The Morgan fingerprint density at radius 3 is 2.15 bits per heavy atom. The quantitative estimate of drug-likeness (QED) is 0.157. The highest BCUT2D eigenvalue weighted by Crippen LogP contribution is 2.40. The summed E-state index contributed by atoms with van der Waals surface area (Å²) in [5.74, 6) is -2.20. The Labute approximate surface area is 235 Å². The Bertz CT molecular complexity index is 1760. The normalized spacial score (nSPS) is 11.0. The van der Waals surface area contributed by atoms with E-state index in [1.807, 2.05) is 73.7 Å². The number of hydrogen-bond donors (Lipinski definition) is 2. The molecule has 0 aliphatic heterocycles. The van der Waals surface area contributed by atoms with Crippen molar-refractivity contribution in [2.75, 3.05) is 5.32 Å². The van der Waals surface area contributed by atoms with E-state index in [-0.39, 0.29) is 16.9 Å². The lowest BCUT2D eigenvalue weighted by molar-refractivity contribution is -0.115. The molecule has 9 nitrogen and oxygen atoms in total. The van der Waals surface area contributed by atoms with Crippen molar-refractivity contribution >= 4 is 34.8 Å². The molecule has 1 heterocycles. The highest BCUT2D eigenvalue weighted by molar-refractivity contribution is 6.06. The number of aromatic carboxylic acids is 1. The first-order valence-corrected chi connectivity index (χ1v) is 12.8. The zero-order valence-electron chi connectivity index (χ0n) is 22.1. The van der Waals surface area contributed by atoms with Crippen molar-refractivity contribution in [1.29, 1.82) is 0 Å². The fourth-order valence-electron chi connectivity index (χ4n) is 4.32. The topological polar surface area (TPSA) is 126 Å². The van der Waals surface area contributed by atoms with E-state index >= 15 is 0 Å². The molecule has 1 aromatic heterocycles. The van der Waals surface area contributed by atoms with Gasteiger partial charge < -0.3 is 10.4 Å². The number of carboxylic acid groups (broad SMARTS) is 1. The molecule has 5 aromatic rings. The first kappa shape index (κ1) is 26.9. The number of nitrogens with zero attached hydrogens (tertiary/aromatic N) is 4. The number of amides is 1. The summed E-state index contributed by atoms with van der Waals surface area (Å²) in [6.07, 6.45) is -0.470. The van der Waals surface area contributed by atoms with Gasteiger partial charge in [0.1, 0.15) is 29.2 Å². The number of carbonyl (C=O) groups is 3. The molecule has 41 heavy (non-hydrogen) atoms. The van der Waals surface area contributed by atoms with Gasteiger partial charge >= 0.3 is 5.97 Å². The highest BCUT2D eigenvalue weighted by Gasteiger charge is 2.26. The second kappa shape index (κ2) is 12.0. The predicted molar refractivity (Wildman–Crippen MR) is 156 cm³/mol. The molecule has 0 aliphatic rings. The number of rotatable bonds is 8. The number of carbonyl (C=O) groups excluding carboxylic acids is 2. The molecule has 5 rings (SSSR count). The lowest BCUT2D eigenvalue weighted by Gasteiger charge is -2.08. The van der Waals surface area contributed by atoms with Gasteiger partial charge in [0.15, 0.2) is 0 Å². The summed E-state index contributed by atoms with van der Waals surface area (Å²) in [5.41, 5.74) is 3.92. The summed E-state index contributed by atoms with van der Waals surface area (Å²) in [6, 6.07) is 31.7. The Hall–Kier alpha value is -5.70. The molecule has 9 heteroatoms. The summed E-state index contributed by atoms with van der Waals surface area (Å²) < 4.78 is 1.17. The van der Waals surface area contributed by atoms with E-state index < -0.39 is 24.2 Å². The summed E-state index contributed by atoms with van der Waals surface area (Å²) >= 11 is 0. The van der Waals surface area contributed by atoms with Crippen molar-refractivity contribution in [1.82, 2.24) is 9.78 Å². The van der Waals surface area contributed by atoms with Crippen molar-refractivity contribution < 1.29 is 19.5 Å². The molecule has 0 spiro atoms. The van der Waals surface area contributed by atoms with Crippen LogP contribution in [0.5, 0.6) is 0 Å². The van der Waals surface area contributed by atoms with Gasteiger partial charge in [-0.25, -0.2) is 4.79 Å². The second-order valence-electron chi connectivity index (χ2n) is 9.20. The summed E-state index contributed by atoms with van der Waals surface area (Å²) in [4.78, 5) is 38.2. The molecule has 0 atom stereocenters. The number of anilines is 1. The van der Waals surface area contributed by atoms with E-state index in [1.165, 1.54) is 10.7 Å². The molecule has 0 radical (unpaired) electrons. The number of aryl methyl sites for hydroxylation is 1. The molecule has 0 saturated carbocycles. The van der Waals surface area contributed by atoms with E-state index in [2.05, 4.69) is 20.6 Å². The van der Waals surface area contributed by atoms with Crippen molar-refractivity contribution in [3.8, 4) is 22.5 Å². The molecular weight excluding hydrogens is 518 g/mol. The molecule has 0 unspecified atom stereocenters. The third kappa shape index (κ3) is 6.15. The van der Waals surface area contributed by atoms with Gasteiger partial charge in [0.05, 0.1) is 5.56 Å². The monoisotopic (exact) mass is 543 g/mol. The molecule has 2 N–H and O–H groups in total. The van der Waals surface area contributed by atoms with E-state index in [9.17, 15) is 19.5 Å². The van der Waals surface area contributed by atoms with Crippen LogP contribution < -0.4 is 5.32 Å². The Balaban J connectivity index is 1.62. The number of benzene rings is 4. The first-order valence-electron chi connectivity index (χ1n) is 12.8. The molecule has 1 amide bonds. The molecule has 0 fully saturated rings. The number of hydrogen-bond acceptors (Lipinski definition) is 6. The van der Waals surface area contributed by atoms with Crippen LogP contribution in [0.3, 0.4) is 0 Å². The van der Waals surface area contributed by atoms with Crippen molar-refractivity contribution in [2.24, 2.45) is 10.2 Å². The van der Waals surface area contributed by atoms with Crippen molar-refractivity contribution in [2.45, 2.75) is 13.3 Å². The van der Waals surface area contributed by atoms with E-state index in [0.717, 1.165) is 5.56 Å². The fourth-order valence-corrected chi connectivity index (χ4v) is 4.32. The Kier molecular flexibility index (Phi) is 7.87. The molecule has 0 aliphatic carbocycles. The zero-order valence-corrected chi connectivity index (χ0v) is 22.1. The molecule has 4 aromatic carbocycles. The maximum absolute atomic E-state index is 13.6. The second-order valence-corrected chi connectivity index (χ2v) is 9.20. The van der Waals surface area contributed by atoms with Crippen LogP contribution in [-0.4, -0.2) is 32.7 Å². The van der Waals surface area contributed by atoms with Crippen LogP contribution in [0.15, 0.2) is 119 Å². The number of nitrogens with one attached hydrogen (secondary N) is 1. The number of aromatic nitrogens is 2. The minimum Gasteiger partial charge on any atom is -0.478 e. The van der Waals surface area contributed by atoms with Crippen LogP contribution in [0.1, 0.15) is 27.1 Å². The molecule has 202 valence electrons. The SMILES string of the molecule is Cc1cccc(NC(=O)CC(=O)n2nc(-c3ccccc3)c(N=Nc3ccccc3C(=O)O)c2-c2ccccc2)c1. The van der Waals surface area contributed by atoms with Crippen LogP contribution in [0.4, 0.5) is 17.1 Å². The fraction of sp³-hybridized carbons (Fsp3) is 0.0625. The van der Waals surface area contributed by atoms with Crippen LogP contribution >= 0.6 is 0 Å². The standard InChI is InChI=1S/C32H25N5O4/c1-21-11-10-16-24(19-21)33-27(38)20-28(39)37-31(23-14-6-3-7-15-23)30(29(36-37)22-12-4-2-5-13-22)35-34-26-18-9-8-17-25(26)32(40)41/h2-19H,20H2,1H3,(H,33,38)(H,40,41). The molecular formula is C32H25N5O4.